The molecule has 0 aliphatic carbocycles. The number of nitrogens with one attached hydrogen (secondary N) is 1. The van der Waals surface area contributed by atoms with Crippen LogP contribution in [0.15, 0.2) is 48.5 Å². The molecule has 5 N–H and O–H groups in total. The predicted octanol–water partition coefficient (Wildman–Crippen LogP) is 1.68. The zero-order valence-electron chi connectivity index (χ0n) is 15.6. The molecule has 0 unspecified atom stereocenters. The fourth-order valence-electron chi connectivity index (χ4n) is 2.30. The van der Waals surface area contributed by atoms with Gasteiger partial charge in [-0.25, -0.2) is 4.79 Å². The first-order valence-corrected chi connectivity index (χ1v) is 8.36. The van der Waals surface area contributed by atoms with Gasteiger partial charge in [-0.2, -0.15) is 0 Å². The van der Waals surface area contributed by atoms with Crippen molar-refractivity contribution < 1.29 is 14.3 Å². The molecule has 6 heteroatoms. The van der Waals surface area contributed by atoms with E-state index in [0.717, 1.165) is 11.1 Å². The highest BCUT2D eigenvalue weighted by atomic mass is 16.5. The van der Waals surface area contributed by atoms with Gasteiger partial charge in [-0.15, -0.1) is 0 Å². The molecule has 0 saturated carbocycles. The number of nitrogens with two attached hydrogens (primary N) is 2. The summed E-state index contributed by atoms with van der Waals surface area (Å²) in [5, 5.41) is 2.62. The van der Waals surface area contributed by atoms with E-state index in [2.05, 4.69) is 17.2 Å². The molecule has 0 radical (unpaired) electrons. The van der Waals surface area contributed by atoms with Crippen LogP contribution in [-0.4, -0.2) is 30.6 Å². The summed E-state index contributed by atoms with van der Waals surface area (Å²) >= 11 is 0. The van der Waals surface area contributed by atoms with Crippen LogP contribution in [0.2, 0.25) is 0 Å². The Morgan fingerprint density at radius 1 is 1.00 bits per heavy atom. The molecule has 2 aromatic rings. The Hall–Kier alpha value is -3.30. The van der Waals surface area contributed by atoms with E-state index < -0.39 is 23.5 Å². The van der Waals surface area contributed by atoms with Gasteiger partial charge >= 0.3 is 5.97 Å². The Balaban J connectivity index is 2.11. The molecule has 140 valence electrons. The lowest BCUT2D eigenvalue weighted by atomic mass is 9.95. The second-order valence-corrected chi connectivity index (χ2v) is 6.70. The third-order valence-electron chi connectivity index (χ3n) is 3.87. The van der Waals surface area contributed by atoms with Crippen LogP contribution >= 0.6 is 0 Å². The lowest BCUT2D eigenvalue weighted by Gasteiger charge is -2.28. The van der Waals surface area contributed by atoms with Crippen LogP contribution in [0, 0.1) is 11.8 Å². The minimum absolute atomic E-state index is 0.395. The zero-order valence-corrected chi connectivity index (χ0v) is 15.6. The number of rotatable bonds is 4. The Kier molecular flexibility index (Phi) is 6.22. The van der Waals surface area contributed by atoms with Crippen molar-refractivity contribution in [3.8, 4) is 11.8 Å². The molecule has 0 aliphatic rings. The van der Waals surface area contributed by atoms with Crippen LogP contribution in [0.1, 0.15) is 35.3 Å². The van der Waals surface area contributed by atoms with Crippen molar-refractivity contribution >= 4 is 17.6 Å². The molecule has 27 heavy (non-hydrogen) atoms. The fourth-order valence-corrected chi connectivity index (χ4v) is 2.30. The lowest BCUT2D eigenvalue weighted by Crippen LogP contribution is -2.59. The summed E-state index contributed by atoms with van der Waals surface area (Å²) in [5.41, 5.74) is 13.3. The molecule has 0 bridgehead atoms. The number of nitrogen functional groups attached to an aromatic ring is 1. The van der Waals surface area contributed by atoms with Crippen molar-refractivity contribution in [3.63, 3.8) is 0 Å². The summed E-state index contributed by atoms with van der Waals surface area (Å²) in [6.45, 7) is 3.29. The van der Waals surface area contributed by atoms with E-state index in [1.165, 1.54) is 7.11 Å². The molecular weight excluding hydrogens is 342 g/mol. The van der Waals surface area contributed by atoms with Gasteiger partial charge < -0.3 is 21.5 Å². The molecule has 1 atom stereocenters. The number of methoxy groups -OCH3 is 1. The third-order valence-corrected chi connectivity index (χ3v) is 3.87. The van der Waals surface area contributed by atoms with Crippen molar-refractivity contribution in [2.45, 2.75) is 25.4 Å². The topological polar surface area (TPSA) is 107 Å². The van der Waals surface area contributed by atoms with Crippen molar-refractivity contribution in [1.29, 1.82) is 0 Å². The van der Waals surface area contributed by atoms with Gasteiger partial charge in [-0.1, -0.05) is 11.8 Å². The van der Waals surface area contributed by atoms with Gasteiger partial charge in [-0.05, 0) is 62.4 Å². The van der Waals surface area contributed by atoms with E-state index in [1.54, 1.807) is 50.2 Å². The Bertz CT molecular complexity index is 870. The number of benzene rings is 2. The Morgan fingerprint density at radius 2 is 1.48 bits per heavy atom. The van der Waals surface area contributed by atoms with Crippen molar-refractivity contribution in [2.24, 2.45) is 5.73 Å². The Labute approximate surface area is 158 Å². The molecule has 0 aliphatic heterocycles. The van der Waals surface area contributed by atoms with Gasteiger partial charge in [0.05, 0.1) is 7.11 Å². The molecule has 6 nitrogen and oxygen atoms in total. The first kappa shape index (κ1) is 20.0. The first-order valence-electron chi connectivity index (χ1n) is 8.36. The minimum atomic E-state index is -0.965. The monoisotopic (exact) mass is 365 g/mol. The average molecular weight is 365 g/mol. The number of ether oxygens (including phenoxy) is 1. The van der Waals surface area contributed by atoms with Gasteiger partial charge in [0.2, 0.25) is 0 Å². The summed E-state index contributed by atoms with van der Waals surface area (Å²) in [5.74, 6) is 5.04. The Morgan fingerprint density at radius 3 is 1.93 bits per heavy atom. The number of carbonyl (C=O) groups is 2. The molecule has 1 amide bonds. The molecule has 2 rings (SSSR count). The van der Waals surface area contributed by atoms with Gasteiger partial charge in [0, 0.05) is 27.9 Å². The molecule has 0 aromatic heterocycles. The van der Waals surface area contributed by atoms with Crippen LogP contribution in [-0.2, 0) is 9.53 Å². The summed E-state index contributed by atoms with van der Waals surface area (Å²) in [4.78, 5) is 24.3. The standard InChI is InChI=1S/C21H23N3O3/c1-21(2,23)18(20(26)27-3)24-19(25)16-10-6-14(7-11-16)4-5-15-8-12-17(22)13-9-15/h6-13,18H,22-23H2,1-3H3,(H,24,25)/t18-/m1/s1. The van der Waals surface area contributed by atoms with Crippen LogP contribution in [0.25, 0.3) is 0 Å². The quantitative estimate of drug-likeness (QED) is 0.434. The van der Waals surface area contributed by atoms with E-state index in [1.807, 2.05) is 12.1 Å². The maximum Gasteiger partial charge on any atom is 0.330 e. The highest BCUT2D eigenvalue weighted by Crippen LogP contribution is 2.10. The van der Waals surface area contributed by atoms with Gasteiger partial charge in [0.25, 0.3) is 5.91 Å². The van der Waals surface area contributed by atoms with Crippen LogP contribution in [0.4, 0.5) is 5.69 Å². The van der Waals surface area contributed by atoms with Crippen LogP contribution < -0.4 is 16.8 Å². The summed E-state index contributed by atoms with van der Waals surface area (Å²) in [6, 6.07) is 13.0. The number of anilines is 1. The second kappa shape index (κ2) is 8.39. The molecule has 0 saturated heterocycles. The number of hydrogen-bond acceptors (Lipinski definition) is 5. The number of esters is 1. The largest absolute Gasteiger partial charge is 0.467 e. The molecular formula is C21H23N3O3. The number of hydrogen-bond donors (Lipinski definition) is 3. The molecule has 0 heterocycles. The average Bonchev–Trinajstić information content (AvgIpc) is 2.64. The fraction of sp³-hybridized carbons (Fsp3) is 0.238. The van der Waals surface area contributed by atoms with Gasteiger partial charge in [0.1, 0.15) is 6.04 Å². The highest BCUT2D eigenvalue weighted by Gasteiger charge is 2.34. The maximum atomic E-state index is 12.4. The molecule has 0 fully saturated rings. The van der Waals surface area contributed by atoms with Crippen molar-refractivity contribution in [1.82, 2.24) is 5.32 Å². The predicted molar refractivity (Wildman–Crippen MR) is 105 cm³/mol. The maximum absolute atomic E-state index is 12.4. The summed E-state index contributed by atoms with van der Waals surface area (Å²) in [6.07, 6.45) is 0. The van der Waals surface area contributed by atoms with Crippen LogP contribution in [0.3, 0.4) is 0 Å². The van der Waals surface area contributed by atoms with E-state index in [-0.39, 0.29) is 0 Å². The smallest absolute Gasteiger partial charge is 0.330 e. The zero-order chi connectivity index (χ0) is 20.0. The molecule has 2 aromatic carbocycles. The first-order chi connectivity index (χ1) is 12.7. The number of amides is 1. The van der Waals surface area contributed by atoms with E-state index in [0.29, 0.717) is 11.3 Å². The van der Waals surface area contributed by atoms with Crippen molar-refractivity contribution in [2.75, 3.05) is 12.8 Å². The lowest BCUT2D eigenvalue weighted by molar-refractivity contribution is -0.144. The SMILES string of the molecule is COC(=O)[C@@H](NC(=O)c1ccc(C#Cc2ccc(N)cc2)cc1)C(C)(C)N. The minimum Gasteiger partial charge on any atom is -0.467 e. The third kappa shape index (κ3) is 5.59. The van der Waals surface area contributed by atoms with Crippen LogP contribution in [0.5, 0.6) is 0 Å². The summed E-state index contributed by atoms with van der Waals surface area (Å²) < 4.78 is 4.72. The number of carbonyl (C=O) groups excluding carboxylic acids is 2. The van der Waals surface area contributed by atoms with E-state index in [9.17, 15) is 9.59 Å². The highest BCUT2D eigenvalue weighted by molar-refractivity contribution is 5.97. The van der Waals surface area contributed by atoms with E-state index in [4.69, 9.17) is 16.2 Å². The van der Waals surface area contributed by atoms with Gasteiger partial charge in [0.15, 0.2) is 0 Å². The van der Waals surface area contributed by atoms with Gasteiger partial charge in [-0.3, -0.25) is 4.79 Å². The normalized spacial score (nSPS) is 11.7. The van der Waals surface area contributed by atoms with E-state index >= 15 is 0 Å². The molecule has 0 spiro atoms. The summed E-state index contributed by atoms with van der Waals surface area (Å²) in [7, 11) is 1.25. The second-order valence-electron chi connectivity index (χ2n) is 6.70. The van der Waals surface area contributed by atoms with Crippen molar-refractivity contribution in [3.05, 3.63) is 65.2 Å².